The molecule has 0 radical (unpaired) electrons. The number of rotatable bonds is 3. The van der Waals surface area contributed by atoms with Crippen LogP contribution in [0.15, 0.2) is 30.3 Å². The zero-order valence-electron chi connectivity index (χ0n) is 12.1. The van der Waals surface area contributed by atoms with E-state index >= 15 is 0 Å². The van der Waals surface area contributed by atoms with Gasteiger partial charge in [0.2, 0.25) is 0 Å². The lowest BCUT2D eigenvalue weighted by molar-refractivity contribution is 0.0216. The summed E-state index contributed by atoms with van der Waals surface area (Å²) < 4.78 is 0. The number of hydrogen-bond acceptors (Lipinski definition) is 2. The van der Waals surface area contributed by atoms with Crippen molar-refractivity contribution in [2.45, 2.75) is 45.8 Å². The lowest BCUT2D eigenvalue weighted by Gasteiger charge is -2.46. The lowest BCUT2D eigenvalue weighted by atomic mass is 10.0. The first-order valence-electron chi connectivity index (χ1n) is 7.18. The fourth-order valence-electron chi connectivity index (χ4n) is 3.13. The Morgan fingerprint density at radius 3 is 2.39 bits per heavy atom. The summed E-state index contributed by atoms with van der Waals surface area (Å²) >= 11 is 0. The molecule has 0 spiro atoms. The van der Waals surface area contributed by atoms with Gasteiger partial charge in [0.1, 0.15) is 0 Å². The molecule has 1 aromatic rings. The summed E-state index contributed by atoms with van der Waals surface area (Å²) in [7, 11) is 0. The summed E-state index contributed by atoms with van der Waals surface area (Å²) in [6, 6.07) is 12.7. The molecule has 1 fully saturated rings. The maximum atomic E-state index is 2.64. The van der Waals surface area contributed by atoms with Crippen LogP contribution in [0.3, 0.4) is 0 Å². The Labute approximate surface area is 112 Å². The van der Waals surface area contributed by atoms with Crippen LogP contribution in [0.1, 0.15) is 39.3 Å². The average Bonchev–Trinajstić information content (AvgIpc) is 2.41. The molecule has 0 aliphatic carbocycles. The maximum Gasteiger partial charge on any atom is 0.0323 e. The third kappa shape index (κ3) is 2.76. The summed E-state index contributed by atoms with van der Waals surface area (Å²) in [6.07, 6.45) is 0. The molecular weight excluding hydrogens is 220 g/mol. The van der Waals surface area contributed by atoms with E-state index in [0.717, 1.165) is 0 Å². The van der Waals surface area contributed by atoms with Gasteiger partial charge in [-0.15, -0.1) is 0 Å². The largest absolute Gasteiger partial charge is 0.298 e. The van der Waals surface area contributed by atoms with Gasteiger partial charge in [0.25, 0.3) is 0 Å². The van der Waals surface area contributed by atoms with Crippen LogP contribution in [-0.2, 0) is 0 Å². The molecule has 18 heavy (non-hydrogen) atoms. The molecule has 1 aliphatic heterocycles. The number of likely N-dealkylation sites (N-methyl/N-ethyl adjacent to an activating group) is 1. The second-order valence-corrected chi connectivity index (χ2v) is 5.57. The third-order valence-corrected chi connectivity index (χ3v) is 4.35. The molecule has 2 nitrogen and oxygen atoms in total. The maximum absolute atomic E-state index is 2.64. The van der Waals surface area contributed by atoms with Gasteiger partial charge >= 0.3 is 0 Å². The number of hydrogen-bond donors (Lipinski definition) is 0. The summed E-state index contributed by atoms with van der Waals surface area (Å²) in [5.41, 5.74) is 1.43. The molecule has 1 aliphatic rings. The Hall–Kier alpha value is -0.860. The zero-order valence-corrected chi connectivity index (χ0v) is 12.1. The van der Waals surface area contributed by atoms with Crippen molar-refractivity contribution in [3.63, 3.8) is 0 Å². The van der Waals surface area contributed by atoms with Crippen molar-refractivity contribution < 1.29 is 0 Å². The molecule has 100 valence electrons. The van der Waals surface area contributed by atoms with Crippen molar-refractivity contribution in [1.82, 2.24) is 9.80 Å². The molecule has 3 unspecified atom stereocenters. The monoisotopic (exact) mass is 246 g/mol. The van der Waals surface area contributed by atoms with Crippen LogP contribution in [0.25, 0.3) is 0 Å². The van der Waals surface area contributed by atoms with Gasteiger partial charge < -0.3 is 0 Å². The van der Waals surface area contributed by atoms with E-state index in [2.05, 4.69) is 67.8 Å². The highest BCUT2D eigenvalue weighted by Crippen LogP contribution is 2.26. The predicted molar refractivity (Wildman–Crippen MR) is 77.7 cm³/mol. The minimum Gasteiger partial charge on any atom is -0.298 e. The Morgan fingerprint density at radius 2 is 1.78 bits per heavy atom. The predicted octanol–water partition coefficient (Wildman–Crippen LogP) is 3.16. The minimum atomic E-state index is 0.516. The first kappa shape index (κ1) is 13.6. The van der Waals surface area contributed by atoms with Gasteiger partial charge in [0.15, 0.2) is 0 Å². The van der Waals surface area contributed by atoms with Gasteiger partial charge in [0, 0.05) is 31.2 Å². The fourth-order valence-corrected chi connectivity index (χ4v) is 3.13. The highest BCUT2D eigenvalue weighted by molar-refractivity contribution is 5.18. The highest BCUT2D eigenvalue weighted by Gasteiger charge is 2.31. The minimum absolute atomic E-state index is 0.516. The molecule has 0 bridgehead atoms. The van der Waals surface area contributed by atoms with Crippen LogP contribution < -0.4 is 0 Å². The standard InChI is InChI=1S/C16H26N2/c1-5-17-11-14(3)18(12-13(17)2)15(4)16-9-7-6-8-10-16/h6-10,13-15H,5,11-12H2,1-4H3. The molecule has 0 saturated carbocycles. The Kier molecular flexibility index (Phi) is 4.41. The van der Waals surface area contributed by atoms with E-state index in [9.17, 15) is 0 Å². The van der Waals surface area contributed by atoms with E-state index in [-0.39, 0.29) is 0 Å². The van der Waals surface area contributed by atoms with E-state index in [1.54, 1.807) is 0 Å². The average molecular weight is 246 g/mol. The molecule has 2 rings (SSSR count). The Bertz CT molecular complexity index is 363. The van der Waals surface area contributed by atoms with Gasteiger partial charge in [-0.1, -0.05) is 37.3 Å². The topological polar surface area (TPSA) is 6.48 Å². The van der Waals surface area contributed by atoms with Crippen molar-refractivity contribution in [3.8, 4) is 0 Å². The van der Waals surface area contributed by atoms with Gasteiger partial charge in [-0.25, -0.2) is 0 Å². The number of nitrogens with zero attached hydrogens (tertiary/aromatic N) is 2. The summed E-state index contributed by atoms with van der Waals surface area (Å²) in [5, 5.41) is 0. The van der Waals surface area contributed by atoms with Crippen LogP contribution in [0.5, 0.6) is 0 Å². The van der Waals surface area contributed by atoms with Gasteiger partial charge in [-0.05, 0) is 32.9 Å². The summed E-state index contributed by atoms with van der Waals surface area (Å²) in [4.78, 5) is 5.23. The van der Waals surface area contributed by atoms with Crippen LogP contribution in [-0.4, -0.2) is 41.5 Å². The first-order chi connectivity index (χ1) is 8.63. The van der Waals surface area contributed by atoms with Crippen LogP contribution in [0, 0.1) is 0 Å². The molecule has 0 aromatic heterocycles. The van der Waals surface area contributed by atoms with Gasteiger partial charge in [0.05, 0.1) is 0 Å². The molecular formula is C16H26N2. The fraction of sp³-hybridized carbons (Fsp3) is 0.625. The molecule has 3 atom stereocenters. The summed E-state index contributed by atoms with van der Waals surface area (Å²) in [6.45, 7) is 12.8. The highest BCUT2D eigenvalue weighted by atomic mass is 15.3. The molecule has 1 aromatic carbocycles. The third-order valence-electron chi connectivity index (χ3n) is 4.35. The lowest BCUT2D eigenvalue weighted by Crippen LogP contribution is -2.56. The molecule has 1 saturated heterocycles. The molecule has 0 amide bonds. The Balaban J connectivity index is 2.09. The second-order valence-electron chi connectivity index (χ2n) is 5.57. The summed E-state index contributed by atoms with van der Waals surface area (Å²) in [5.74, 6) is 0. The number of benzene rings is 1. The van der Waals surface area contributed by atoms with Gasteiger partial charge in [-0.3, -0.25) is 9.80 Å². The van der Waals surface area contributed by atoms with Crippen LogP contribution >= 0.6 is 0 Å². The van der Waals surface area contributed by atoms with Crippen molar-refractivity contribution >= 4 is 0 Å². The molecule has 0 N–H and O–H groups in total. The quantitative estimate of drug-likeness (QED) is 0.808. The van der Waals surface area contributed by atoms with Gasteiger partial charge in [-0.2, -0.15) is 0 Å². The van der Waals surface area contributed by atoms with E-state index < -0.39 is 0 Å². The van der Waals surface area contributed by atoms with Crippen molar-refractivity contribution in [3.05, 3.63) is 35.9 Å². The first-order valence-corrected chi connectivity index (χ1v) is 7.18. The SMILES string of the molecule is CCN1CC(C)N(C(C)c2ccccc2)CC1C. The van der Waals surface area contributed by atoms with Crippen LogP contribution in [0.4, 0.5) is 0 Å². The van der Waals surface area contributed by atoms with E-state index in [4.69, 9.17) is 0 Å². The van der Waals surface area contributed by atoms with E-state index in [1.807, 2.05) is 0 Å². The van der Waals surface area contributed by atoms with Crippen molar-refractivity contribution in [2.24, 2.45) is 0 Å². The smallest absolute Gasteiger partial charge is 0.0323 e. The van der Waals surface area contributed by atoms with Crippen LogP contribution in [0.2, 0.25) is 0 Å². The van der Waals surface area contributed by atoms with E-state index in [1.165, 1.54) is 25.2 Å². The van der Waals surface area contributed by atoms with E-state index in [0.29, 0.717) is 18.1 Å². The zero-order chi connectivity index (χ0) is 13.1. The number of piperazine rings is 1. The van der Waals surface area contributed by atoms with Crippen molar-refractivity contribution in [2.75, 3.05) is 19.6 Å². The molecule has 2 heteroatoms. The Morgan fingerprint density at radius 1 is 1.11 bits per heavy atom. The molecule has 1 heterocycles. The normalized spacial score (nSPS) is 28.2. The van der Waals surface area contributed by atoms with Crippen molar-refractivity contribution in [1.29, 1.82) is 0 Å². The second kappa shape index (κ2) is 5.85.